The first-order valence-corrected chi connectivity index (χ1v) is 5.18. The highest BCUT2D eigenvalue weighted by atomic mass is 16.5. The molecular formula is C10H19NO4. The van der Waals surface area contributed by atoms with Crippen molar-refractivity contribution in [3.8, 4) is 0 Å². The highest BCUT2D eigenvalue weighted by Crippen LogP contribution is 1.91. The number of nitrogens with one attached hydrogen (secondary N) is 1. The Morgan fingerprint density at radius 2 is 2.00 bits per heavy atom. The van der Waals surface area contributed by atoms with Gasteiger partial charge in [-0.3, -0.25) is 4.79 Å². The van der Waals surface area contributed by atoms with E-state index in [0.717, 1.165) is 12.8 Å². The lowest BCUT2D eigenvalue weighted by atomic mass is 10.3. The molecule has 0 aliphatic carbocycles. The van der Waals surface area contributed by atoms with Crippen LogP contribution in [0.15, 0.2) is 0 Å². The van der Waals surface area contributed by atoms with E-state index in [9.17, 15) is 9.59 Å². The van der Waals surface area contributed by atoms with Gasteiger partial charge in [0.25, 0.3) is 0 Å². The number of ether oxygens (including phenoxy) is 2. The highest BCUT2D eigenvalue weighted by molar-refractivity contribution is 5.69. The molecule has 0 radical (unpaired) electrons. The number of carbonyl (C=O) groups is 2. The van der Waals surface area contributed by atoms with Gasteiger partial charge in [-0.1, -0.05) is 13.3 Å². The summed E-state index contributed by atoms with van der Waals surface area (Å²) in [6.07, 6.45) is 2.32. The molecule has 5 nitrogen and oxygen atoms in total. The predicted octanol–water partition coefficient (Wildman–Crippen LogP) is 1.47. The molecule has 0 aromatic carbocycles. The molecule has 0 unspecified atom stereocenters. The topological polar surface area (TPSA) is 64.6 Å². The number of rotatable bonds is 7. The Labute approximate surface area is 90.1 Å². The summed E-state index contributed by atoms with van der Waals surface area (Å²) in [6.45, 7) is 2.90. The molecule has 0 heterocycles. The molecule has 0 aromatic heterocycles. The van der Waals surface area contributed by atoms with Crippen LogP contribution in [0.5, 0.6) is 0 Å². The quantitative estimate of drug-likeness (QED) is 0.518. The van der Waals surface area contributed by atoms with Gasteiger partial charge in [-0.05, 0) is 12.8 Å². The van der Waals surface area contributed by atoms with Crippen LogP contribution < -0.4 is 5.32 Å². The van der Waals surface area contributed by atoms with Crippen molar-refractivity contribution >= 4 is 12.1 Å². The lowest BCUT2D eigenvalue weighted by molar-refractivity contribution is -0.140. The number of hydrogen-bond acceptors (Lipinski definition) is 4. The van der Waals surface area contributed by atoms with Crippen molar-refractivity contribution in [2.45, 2.75) is 32.6 Å². The van der Waals surface area contributed by atoms with Crippen molar-refractivity contribution in [2.75, 3.05) is 20.3 Å². The SMILES string of the molecule is CCCCOC(=O)NCCCC(=O)OC. The van der Waals surface area contributed by atoms with Gasteiger partial charge in [-0.15, -0.1) is 0 Å². The monoisotopic (exact) mass is 217 g/mol. The number of hydrogen-bond donors (Lipinski definition) is 1. The summed E-state index contributed by atoms with van der Waals surface area (Å²) in [5.74, 6) is -0.267. The van der Waals surface area contributed by atoms with Crippen LogP contribution in [0.1, 0.15) is 32.6 Å². The molecule has 0 aliphatic heterocycles. The van der Waals surface area contributed by atoms with Gasteiger partial charge < -0.3 is 14.8 Å². The highest BCUT2D eigenvalue weighted by Gasteiger charge is 2.02. The Balaban J connectivity index is 3.27. The van der Waals surface area contributed by atoms with Gasteiger partial charge in [0.15, 0.2) is 0 Å². The third-order valence-corrected chi connectivity index (χ3v) is 1.79. The molecule has 0 saturated heterocycles. The number of methoxy groups -OCH3 is 1. The van der Waals surface area contributed by atoms with Crippen molar-refractivity contribution in [1.29, 1.82) is 0 Å². The van der Waals surface area contributed by atoms with Gasteiger partial charge in [0.05, 0.1) is 13.7 Å². The smallest absolute Gasteiger partial charge is 0.407 e. The molecule has 1 amide bonds. The molecule has 0 rings (SSSR count). The standard InChI is InChI=1S/C10H19NO4/c1-3-4-8-15-10(13)11-7-5-6-9(12)14-2/h3-8H2,1-2H3,(H,11,13). The minimum atomic E-state index is -0.423. The largest absolute Gasteiger partial charge is 0.469 e. The summed E-state index contributed by atoms with van der Waals surface area (Å²) in [4.78, 5) is 21.7. The predicted molar refractivity (Wildman–Crippen MR) is 55.5 cm³/mol. The minimum absolute atomic E-state index is 0.267. The van der Waals surface area contributed by atoms with Crippen molar-refractivity contribution in [3.63, 3.8) is 0 Å². The Bertz CT molecular complexity index is 194. The van der Waals surface area contributed by atoms with E-state index in [0.29, 0.717) is 26.0 Å². The van der Waals surface area contributed by atoms with E-state index in [1.165, 1.54) is 7.11 Å². The fraction of sp³-hybridized carbons (Fsp3) is 0.800. The van der Waals surface area contributed by atoms with Crippen LogP contribution >= 0.6 is 0 Å². The van der Waals surface area contributed by atoms with E-state index in [-0.39, 0.29) is 5.97 Å². The van der Waals surface area contributed by atoms with Gasteiger partial charge in [-0.25, -0.2) is 4.79 Å². The first kappa shape index (κ1) is 13.7. The van der Waals surface area contributed by atoms with Gasteiger partial charge in [0.2, 0.25) is 0 Å². The number of amides is 1. The molecule has 0 spiro atoms. The normalized spacial score (nSPS) is 9.47. The number of esters is 1. The fourth-order valence-electron chi connectivity index (χ4n) is 0.885. The second kappa shape index (κ2) is 9.30. The number of carbonyl (C=O) groups excluding carboxylic acids is 2. The van der Waals surface area contributed by atoms with Gasteiger partial charge in [0, 0.05) is 13.0 Å². The van der Waals surface area contributed by atoms with E-state index in [2.05, 4.69) is 10.1 Å². The third kappa shape index (κ3) is 9.05. The van der Waals surface area contributed by atoms with Gasteiger partial charge in [-0.2, -0.15) is 0 Å². The van der Waals surface area contributed by atoms with E-state index < -0.39 is 6.09 Å². The molecule has 0 atom stereocenters. The van der Waals surface area contributed by atoms with E-state index in [4.69, 9.17) is 4.74 Å². The Morgan fingerprint density at radius 3 is 2.60 bits per heavy atom. The van der Waals surface area contributed by atoms with Crippen LogP contribution in [-0.2, 0) is 14.3 Å². The first-order chi connectivity index (χ1) is 7.20. The van der Waals surface area contributed by atoms with E-state index >= 15 is 0 Å². The maximum atomic E-state index is 11.0. The van der Waals surface area contributed by atoms with Crippen molar-refractivity contribution < 1.29 is 19.1 Å². The maximum Gasteiger partial charge on any atom is 0.407 e. The summed E-state index contributed by atoms with van der Waals surface area (Å²) in [5.41, 5.74) is 0. The summed E-state index contributed by atoms with van der Waals surface area (Å²) in [7, 11) is 1.34. The fourth-order valence-corrected chi connectivity index (χ4v) is 0.885. The van der Waals surface area contributed by atoms with Crippen LogP contribution in [0.4, 0.5) is 4.79 Å². The Kier molecular flexibility index (Phi) is 8.52. The average Bonchev–Trinajstić information content (AvgIpc) is 2.24. The molecule has 15 heavy (non-hydrogen) atoms. The summed E-state index contributed by atoms with van der Waals surface area (Å²) < 4.78 is 9.30. The molecule has 0 saturated carbocycles. The average molecular weight is 217 g/mol. The minimum Gasteiger partial charge on any atom is -0.469 e. The van der Waals surface area contributed by atoms with Crippen molar-refractivity contribution in [2.24, 2.45) is 0 Å². The van der Waals surface area contributed by atoms with Crippen molar-refractivity contribution in [3.05, 3.63) is 0 Å². The lowest BCUT2D eigenvalue weighted by Crippen LogP contribution is -2.26. The zero-order chi connectivity index (χ0) is 11.5. The molecule has 0 bridgehead atoms. The second-order valence-electron chi connectivity index (χ2n) is 3.10. The molecule has 0 aliphatic rings. The van der Waals surface area contributed by atoms with E-state index in [1.54, 1.807) is 0 Å². The maximum absolute atomic E-state index is 11.0. The second-order valence-corrected chi connectivity index (χ2v) is 3.10. The van der Waals surface area contributed by atoms with Crippen LogP contribution in [0.3, 0.4) is 0 Å². The van der Waals surface area contributed by atoms with Crippen LogP contribution in [0.2, 0.25) is 0 Å². The van der Waals surface area contributed by atoms with Crippen molar-refractivity contribution in [1.82, 2.24) is 5.32 Å². The Hall–Kier alpha value is -1.26. The van der Waals surface area contributed by atoms with E-state index in [1.807, 2.05) is 6.92 Å². The zero-order valence-corrected chi connectivity index (χ0v) is 9.38. The zero-order valence-electron chi connectivity index (χ0n) is 9.38. The Morgan fingerprint density at radius 1 is 1.27 bits per heavy atom. The molecular weight excluding hydrogens is 198 g/mol. The summed E-state index contributed by atoms with van der Waals surface area (Å²) in [5, 5.41) is 2.55. The molecule has 1 N–H and O–H groups in total. The third-order valence-electron chi connectivity index (χ3n) is 1.79. The van der Waals surface area contributed by atoms with Crippen LogP contribution in [-0.4, -0.2) is 32.3 Å². The molecule has 0 fully saturated rings. The lowest BCUT2D eigenvalue weighted by Gasteiger charge is -2.05. The molecule has 5 heteroatoms. The molecule has 88 valence electrons. The first-order valence-electron chi connectivity index (χ1n) is 5.18. The summed E-state index contributed by atoms with van der Waals surface area (Å²) in [6, 6.07) is 0. The molecule has 0 aromatic rings. The van der Waals surface area contributed by atoms with Crippen LogP contribution in [0, 0.1) is 0 Å². The summed E-state index contributed by atoms with van der Waals surface area (Å²) >= 11 is 0. The van der Waals surface area contributed by atoms with Crippen LogP contribution in [0.25, 0.3) is 0 Å². The number of alkyl carbamates (subject to hydrolysis) is 1. The van der Waals surface area contributed by atoms with Gasteiger partial charge >= 0.3 is 12.1 Å². The van der Waals surface area contributed by atoms with Gasteiger partial charge in [0.1, 0.15) is 0 Å². The number of unbranched alkanes of at least 4 members (excludes halogenated alkanes) is 1.